The van der Waals surface area contributed by atoms with Crippen molar-refractivity contribution in [2.24, 2.45) is 4.99 Å². The third kappa shape index (κ3) is 10.8. The lowest BCUT2D eigenvalue weighted by Gasteiger charge is -2.27. The second-order valence-electron chi connectivity index (χ2n) is 10.3. The SMILES string of the molecule is C=C/C=C(/c1cc(C)c(N=CC)c(F)c1)N(C)Cc1ccc(C#N)cc1/C(=C/C)N(C)C.CC.CNc1cc(C)ccc1NC=O. The van der Waals surface area contributed by atoms with Crippen LogP contribution in [-0.4, -0.2) is 50.6 Å². The first-order valence-corrected chi connectivity index (χ1v) is 15.2. The molecule has 0 saturated carbocycles. The molecule has 0 spiro atoms. The molecule has 2 N–H and O–H groups in total. The highest BCUT2D eigenvalue weighted by atomic mass is 19.1. The zero-order chi connectivity index (χ0) is 34.8. The number of nitriles is 1. The summed E-state index contributed by atoms with van der Waals surface area (Å²) in [4.78, 5) is 18.4. The Hall–Kier alpha value is -5.16. The predicted molar refractivity (Wildman–Crippen MR) is 195 cm³/mol. The van der Waals surface area contributed by atoms with Crippen LogP contribution >= 0.6 is 0 Å². The molecule has 0 unspecified atom stereocenters. The lowest BCUT2D eigenvalue weighted by molar-refractivity contribution is -0.105. The number of carbonyl (C=O) groups excluding carboxylic acids is 1. The molecule has 0 aliphatic carbocycles. The molecule has 0 radical (unpaired) electrons. The normalized spacial score (nSPS) is 10.9. The van der Waals surface area contributed by atoms with Crippen LogP contribution in [0.5, 0.6) is 0 Å². The third-order valence-corrected chi connectivity index (χ3v) is 6.83. The minimum Gasteiger partial charge on any atom is -0.386 e. The van der Waals surface area contributed by atoms with E-state index in [1.165, 1.54) is 6.07 Å². The number of amides is 1. The van der Waals surface area contributed by atoms with Gasteiger partial charge >= 0.3 is 0 Å². The number of benzene rings is 3. The van der Waals surface area contributed by atoms with Crippen LogP contribution in [0.25, 0.3) is 11.4 Å². The minimum absolute atomic E-state index is 0.356. The van der Waals surface area contributed by atoms with Gasteiger partial charge in [0.2, 0.25) is 6.41 Å². The average Bonchev–Trinajstić information content (AvgIpc) is 3.04. The van der Waals surface area contributed by atoms with E-state index >= 15 is 0 Å². The molecule has 8 heteroatoms. The first kappa shape index (κ1) is 38.9. The van der Waals surface area contributed by atoms with Crippen LogP contribution in [0.15, 0.2) is 78.3 Å². The summed E-state index contributed by atoms with van der Waals surface area (Å²) in [6.07, 6.45) is 7.88. The monoisotopic (exact) mass is 624 g/mol. The van der Waals surface area contributed by atoms with Gasteiger partial charge in [-0.1, -0.05) is 44.7 Å². The van der Waals surface area contributed by atoms with Gasteiger partial charge in [-0.3, -0.25) is 9.79 Å². The maximum atomic E-state index is 14.7. The van der Waals surface area contributed by atoms with Crippen LogP contribution in [0.4, 0.5) is 21.5 Å². The standard InChI is InChI=1S/C27H31FN4.C9H12N2O.C2H6/c1-8-11-26(22-14-19(4)27(30-10-3)24(28)16-22)32(7)18-21-13-12-20(17-29)15-23(21)25(9-2)31(5)6;1-7-3-4-8(11-6-12)9(5-7)10-2;1-2/h8-16H,1,18H2,2-7H3;3-6,10H,1-2H3,(H,11,12);1-2H3/b25-9-,26-11-,30-10?;;. The van der Waals surface area contributed by atoms with Gasteiger partial charge in [0.05, 0.1) is 23.0 Å². The van der Waals surface area contributed by atoms with E-state index in [1.54, 1.807) is 19.2 Å². The van der Waals surface area contributed by atoms with Crippen molar-refractivity contribution in [3.05, 3.63) is 113 Å². The number of anilines is 2. The quantitative estimate of drug-likeness (QED) is 0.126. The van der Waals surface area contributed by atoms with Gasteiger partial charge in [0.25, 0.3) is 0 Å². The van der Waals surface area contributed by atoms with Gasteiger partial charge in [0, 0.05) is 63.5 Å². The van der Waals surface area contributed by atoms with Crippen LogP contribution in [0.2, 0.25) is 0 Å². The Morgan fingerprint density at radius 3 is 2.24 bits per heavy atom. The molecule has 46 heavy (non-hydrogen) atoms. The van der Waals surface area contributed by atoms with E-state index in [-0.39, 0.29) is 5.82 Å². The maximum absolute atomic E-state index is 14.7. The van der Waals surface area contributed by atoms with Crippen molar-refractivity contribution < 1.29 is 9.18 Å². The van der Waals surface area contributed by atoms with E-state index in [1.807, 2.05) is 122 Å². The number of hydrogen-bond donors (Lipinski definition) is 2. The van der Waals surface area contributed by atoms with E-state index in [0.717, 1.165) is 50.6 Å². The van der Waals surface area contributed by atoms with E-state index in [2.05, 4.69) is 33.2 Å². The zero-order valence-electron chi connectivity index (χ0n) is 29.0. The highest BCUT2D eigenvalue weighted by Crippen LogP contribution is 2.31. The lowest BCUT2D eigenvalue weighted by atomic mass is 9.99. The average molecular weight is 625 g/mol. The molecule has 1 amide bonds. The molecule has 3 rings (SSSR count). The first-order chi connectivity index (χ1) is 22.0. The van der Waals surface area contributed by atoms with Crippen molar-refractivity contribution in [2.45, 2.75) is 48.1 Å². The molecule has 7 nitrogen and oxygen atoms in total. The molecule has 3 aromatic carbocycles. The number of aliphatic imine (C=N–C) groups is 1. The number of allylic oxidation sites excluding steroid dienone is 3. The fourth-order valence-electron chi connectivity index (χ4n) is 4.80. The number of rotatable bonds is 11. The molecule has 0 heterocycles. The first-order valence-electron chi connectivity index (χ1n) is 15.2. The summed E-state index contributed by atoms with van der Waals surface area (Å²) in [5.41, 5.74) is 9.32. The lowest BCUT2D eigenvalue weighted by Crippen LogP contribution is -2.19. The van der Waals surface area contributed by atoms with Gasteiger partial charge in [-0.2, -0.15) is 5.26 Å². The molecule has 0 aromatic heterocycles. The van der Waals surface area contributed by atoms with Crippen molar-refractivity contribution in [3.8, 4) is 6.07 Å². The highest BCUT2D eigenvalue weighted by Gasteiger charge is 2.16. The Balaban J connectivity index is 0.000000629. The second kappa shape index (κ2) is 20.0. The fraction of sp³-hybridized carbons (Fsp3) is 0.289. The largest absolute Gasteiger partial charge is 0.386 e. The summed E-state index contributed by atoms with van der Waals surface area (Å²) >= 11 is 0. The van der Waals surface area contributed by atoms with Crippen LogP contribution in [0.1, 0.15) is 61.1 Å². The van der Waals surface area contributed by atoms with Gasteiger partial charge < -0.3 is 20.4 Å². The van der Waals surface area contributed by atoms with Crippen LogP contribution in [0.3, 0.4) is 0 Å². The molecule has 0 atom stereocenters. The number of nitrogens with one attached hydrogen (secondary N) is 2. The third-order valence-electron chi connectivity index (χ3n) is 6.83. The molecule has 244 valence electrons. The topological polar surface area (TPSA) is 83.8 Å². The number of halogens is 1. The van der Waals surface area contributed by atoms with Gasteiger partial charge in [-0.25, -0.2) is 4.39 Å². The van der Waals surface area contributed by atoms with Gasteiger partial charge in [-0.05, 0) is 86.9 Å². The van der Waals surface area contributed by atoms with E-state index in [0.29, 0.717) is 24.2 Å². The van der Waals surface area contributed by atoms with Gasteiger partial charge in [-0.15, -0.1) is 0 Å². The van der Waals surface area contributed by atoms with Crippen molar-refractivity contribution >= 4 is 41.1 Å². The molecular formula is C38H49FN6O. The number of nitrogens with zero attached hydrogens (tertiary/aromatic N) is 4. The van der Waals surface area contributed by atoms with E-state index in [9.17, 15) is 14.4 Å². The number of carbonyl (C=O) groups is 1. The van der Waals surface area contributed by atoms with Crippen molar-refractivity contribution in [1.29, 1.82) is 5.26 Å². The summed E-state index contributed by atoms with van der Waals surface area (Å²) < 4.78 is 14.7. The van der Waals surface area contributed by atoms with Crippen LogP contribution < -0.4 is 10.6 Å². The fourth-order valence-corrected chi connectivity index (χ4v) is 4.80. The van der Waals surface area contributed by atoms with Crippen LogP contribution in [0, 0.1) is 31.0 Å². The van der Waals surface area contributed by atoms with Crippen LogP contribution in [-0.2, 0) is 11.3 Å². The van der Waals surface area contributed by atoms with E-state index in [4.69, 9.17) is 0 Å². The predicted octanol–water partition coefficient (Wildman–Crippen LogP) is 8.94. The van der Waals surface area contributed by atoms with Gasteiger partial charge in [0.1, 0.15) is 11.5 Å². The summed E-state index contributed by atoms with van der Waals surface area (Å²) in [5.74, 6) is -0.357. The Kier molecular flexibility index (Phi) is 16.9. The zero-order valence-corrected chi connectivity index (χ0v) is 29.0. The van der Waals surface area contributed by atoms with E-state index < -0.39 is 0 Å². The molecular weight excluding hydrogens is 575 g/mol. The molecule has 0 saturated heterocycles. The Morgan fingerprint density at radius 1 is 1.02 bits per heavy atom. The highest BCUT2D eigenvalue weighted by molar-refractivity contribution is 5.81. The summed E-state index contributed by atoms with van der Waals surface area (Å²) in [7, 11) is 7.76. The summed E-state index contributed by atoms with van der Waals surface area (Å²) in [5, 5.41) is 15.0. The van der Waals surface area contributed by atoms with Gasteiger partial charge in [0.15, 0.2) is 0 Å². The number of aryl methyl sites for hydroxylation is 2. The Labute approximate surface area is 275 Å². The van der Waals surface area contributed by atoms with Crippen molar-refractivity contribution in [3.63, 3.8) is 0 Å². The molecule has 0 bridgehead atoms. The number of hydrogen-bond acceptors (Lipinski definition) is 6. The smallest absolute Gasteiger partial charge is 0.211 e. The molecule has 0 aliphatic heterocycles. The minimum atomic E-state index is -0.357. The second-order valence-corrected chi connectivity index (χ2v) is 10.3. The molecule has 0 fully saturated rings. The van der Waals surface area contributed by atoms with Crippen molar-refractivity contribution in [2.75, 3.05) is 38.8 Å². The van der Waals surface area contributed by atoms with Crippen molar-refractivity contribution in [1.82, 2.24) is 9.80 Å². The maximum Gasteiger partial charge on any atom is 0.211 e. The summed E-state index contributed by atoms with van der Waals surface area (Å²) in [6.45, 7) is 16.0. The summed E-state index contributed by atoms with van der Waals surface area (Å²) in [6, 6.07) is 17.2. The molecule has 0 aliphatic rings. The Bertz CT molecular complexity index is 1570. The molecule has 3 aromatic rings. The Morgan fingerprint density at radius 2 is 1.72 bits per heavy atom.